The lowest BCUT2D eigenvalue weighted by molar-refractivity contribution is 0.252. The van der Waals surface area contributed by atoms with Crippen LogP contribution in [0.15, 0.2) is 29.3 Å². The number of likely N-dealkylation sites (N-methyl/N-ethyl adjacent to an activating group) is 1. The van der Waals surface area contributed by atoms with E-state index in [0.717, 1.165) is 44.6 Å². The lowest BCUT2D eigenvalue weighted by Crippen LogP contribution is -2.45. The van der Waals surface area contributed by atoms with Gasteiger partial charge in [-0.25, -0.2) is 0 Å². The number of hydrogen-bond donors (Lipinski definition) is 1. The minimum Gasteiger partial charge on any atom is -0.357 e. The summed E-state index contributed by atoms with van der Waals surface area (Å²) < 4.78 is 0. The fraction of sp³-hybridized carbons (Fsp3) is 0.632. The minimum atomic E-state index is 0.508. The zero-order valence-electron chi connectivity index (χ0n) is 14.8. The van der Waals surface area contributed by atoms with Crippen molar-refractivity contribution in [1.29, 1.82) is 0 Å². The summed E-state index contributed by atoms with van der Waals surface area (Å²) in [5.74, 6) is 1.07. The Balaban J connectivity index is 1.65. The van der Waals surface area contributed by atoms with Gasteiger partial charge in [-0.1, -0.05) is 24.3 Å². The van der Waals surface area contributed by atoms with Crippen molar-refractivity contribution in [2.24, 2.45) is 4.99 Å². The van der Waals surface area contributed by atoms with Crippen molar-refractivity contribution < 1.29 is 0 Å². The van der Waals surface area contributed by atoms with Crippen LogP contribution in [0.3, 0.4) is 0 Å². The van der Waals surface area contributed by atoms with Crippen LogP contribution >= 0.6 is 0 Å². The molecule has 23 heavy (non-hydrogen) atoms. The standard InChI is InChI=1S/C19H30N4/c1-4-20-19(21-13-15(2)22(3)18-9-10-18)23-12-11-16-7-5-6-8-17(16)14-23/h5-8,15,18H,4,9-14H2,1-3H3,(H,20,21). The summed E-state index contributed by atoms with van der Waals surface area (Å²) in [6, 6.07) is 10.1. The molecular formula is C19H30N4. The molecule has 0 saturated heterocycles. The maximum Gasteiger partial charge on any atom is 0.194 e. The number of fused-ring (bicyclic) bond motifs is 1. The van der Waals surface area contributed by atoms with Crippen molar-refractivity contribution >= 4 is 5.96 Å². The maximum absolute atomic E-state index is 4.93. The maximum atomic E-state index is 4.93. The molecule has 1 fully saturated rings. The van der Waals surface area contributed by atoms with E-state index in [0.29, 0.717) is 6.04 Å². The average Bonchev–Trinajstić information content (AvgIpc) is 3.42. The summed E-state index contributed by atoms with van der Waals surface area (Å²) in [4.78, 5) is 9.81. The quantitative estimate of drug-likeness (QED) is 0.669. The Hall–Kier alpha value is -1.55. The van der Waals surface area contributed by atoms with Crippen LogP contribution in [0.4, 0.5) is 0 Å². The first kappa shape index (κ1) is 16.3. The topological polar surface area (TPSA) is 30.9 Å². The number of benzene rings is 1. The molecule has 0 aromatic heterocycles. The zero-order chi connectivity index (χ0) is 16.2. The van der Waals surface area contributed by atoms with E-state index >= 15 is 0 Å². The van der Waals surface area contributed by atoms with Gasteiger partial charge in [-0.2, -0.15) is 0 Å². The molecule has 1 aliphatic heterocycles. The monoisotopic (exact) mass is 314 g/mol. The van der Waals surface area contributed by atoms with Gasteiger partial charge in [0.25, 0.3) is 0 Å². The number of nitrogens with one attached hydrogen (secondary N) is 1. The van der Waals surface area contributed by atoms with E-state index < -0.39 is 0 Å². The lowest BCUT2D eigenvalue weighted by atomic mass is 10.0. The first-order valence-electron chi connectivity index (χ1n) is 9.01. The number of guanidine groups is 1. The highest BCUT2D eigenvalue weighted by Crippen LogP contribution is 2.27. The van der Waals surface area contributed by atoms with E-state index in [1.807, 2.05) is 0 Å². The van der Waals surface area contributed by atoms with Gasteiger partial charge >= 0.3 is 0 Å². The summed E-state index contributed by atoms with van der Waals surface area (Å²) in [5, 5.41) is 3.48. The molecule has 1 aromatic rings. The van der Waals surface area contributed by atoms with Crippen molar-refractivity contribution in [2.45, 2.75) is 51.7 Å². The molecule has 3 rings (SSSR count). The van der Waals surface area contributed by atoms with E-state index in [1.165, 1.54) is 24.0 Å². The second-order valence-corrected chi connectivity index (χ2v) is 6.88. The Morgan fingerprint density at radius 3 is 2.78 bits per heavy atom. The third-order valence-corrected chi connectivity index (χ3v) is 5.09. The van der Waals surface area contributed by atoms with Crippen molar-refractivity contribution in [1.82, 2.24) is 15.1 Å². The van der Waals surface area contributed by atoms with Crippen LogP contribution in [0.25, 0.3) is 0 Å². The Morgan fingerprint density at radius 2 is 2.09 bits per heavy atom. The number of nitrogens with zero attached hydrogens (tertiary/aromatic N) is 3. The molecule has 1 N–H and O–H groups in total. The summed E-state index contributed by atoms with van der Waals surface area (Å²) in [6.07, 6.45) is 3.82. The average molecular weight is 314 g/mol. The van der Waals surface area contributed by atoms with Crippen LogP contribution < -0.4 is 5.32 Å². The molecule has 0 radical (unpaired) electrons. The first-order valence-corrected chi connectivity index (χ1v) is 9.01. The predicted molar refractivity (Wildman–Crippen MR) is 96.8 cm³/mol. The highest BCUT2D eigenvalue weighted by Gasteiger charge is 2.29. The van der Waals surface area contributed by atoms with Gasteiger partial charge in [-0.05, 0) is 51.3 Å². The van der Waals surface area contributed by atoms with Crippen molar-refractivity contribution in [3.05, 3.63) is 35.4 Å². The molecule has 4 nitrogen and oxygen atoms in total. The van der Waals surface area contributed by atoms with E-state index in [2.05, 4.69) is 60.3 Å². The third kappa shape index (κ3) is 4.05. The molecule has 1 atom stereocenters. The lowest BCUT2D eigenvalue weighted by Gasteiger charge is -2.32. The van der Waals surface area contributed by atoms with Gasteiger partial charge in [-0.15, -0.1) is 0 Å². The highest BCUT2D eigenvalue weighted by atomic mass is 15.3. The number of rotatable bonds is 5. The molecule has 1 unspecified atom stereocenters. The van der Waals surface area contributed by atoms with Crippen molar-refractivity contribution in [3.63, 3.8) is 0 Å². The Labute approximate surface area is 140 Å². The first-order chi connectivity index (χ1) is 11.2. The van der Waals surface area contributed by atoms with Gasteiger partial charge in [0.2, 0.25) is 0 Å². The highest BCUT2D eigenvalue weighted by molar-refractivity contribution is 5.80. The van der Waals surface area contributed by atoms with Gasteiger partial charge in [0.15, 0.2) is 5.96 Å². The second-order valence-electron chi connectivity index (χ2n) is 6.88. The third-order valence-electron chi connectivity index (χ3n) is 5.09. The van der Waals surface area contributed by atoms with Gasteiger partial charge in [0.1, 0.15) is 0 Å². The molecule has 0 amide bonds. The van der Waals surface area contributed by atoms with E-state index in [1.54, 1.807) is 0 Å². The normalized spacial score (nSPS) is 19.7. The van der Waals surface area contributed by atoms with Crippen LogP contribution in [-0.2, 0) is 13.0 Å². The molecule has 0 bridgehead atoms. The second kappa shape index (κ2) is 7.35. The van der Waals surface area contributed by atoms with Crippen LogP contribution in [-0.4, -0.2) is 54.5 Å². The van der Waals surface area contributed by atoms with Gasteiger partial charge in [0, 0.05) is 31.7 Å². The van der Waals surface area contributed by atoms with Crippen LogP contribution in [0.1, 0.15) is 37.8 Å². The van der Waals surface area contributed by atoms with Gasteiger partial charge in [0.05, 0.1) is 6.54 Å². The molecule has 126 valence electrons. The fourth-order valence-corrected chi connectivity index (χ4v) is 3.29. The van der Waals surface area contributed by atoms with Crippen LogP contribution in [0.5, 0.6) is 0 Å². The molecular weight excluding hydrogens is 284 g/mol. The molecule has 0 spiro atoms. The molecule has 1 heterocycles. The van der Waals surface area contributed by atoms with E-state index in [4.69, 9.17) is 4.99 Å². The largest absolute Gasteiger partial charge is 0.357 e. The summed E-state index contributed by atoms with van der Waals surface area (Å²) in [5.41, 5.74) is 2.92. The molecule has 2 aliphatic rings. The summed E-state index contributed by atoms with van der Waals surface area (Å²) in [6.45, 7) is 8.24. The number of aliphatic imine (C=N–C) groups is 1. The smallest absolute Gasteiger partial charge is 0.194 e. The predicted octanol–water partition coefficient (Wildman–Crippen LogP) is 2.49. The van der Waals surface area contributed by atoms with Crippen LogP contribution in [0, 0.1) is 0 Å². The van der Waals surface area contributed by atoms with Crippen molar-refractivity contribution in [3.8, 4) is 0 Å². The van der Waals surface area contributed by atoms with Crippen LogP contribution in [0.2, 0.25) is 0 Å². The molecule has 1 aromatic carbocycles. The summed E-state index contributed by atoms with van der Waals surface area (Å²) >= 11 is 0. The SMILES string of the molecule is CCNC(=NCC(C)N(C)C1CC1)N1CCc2ccccc2C1. The van der Waals surface area contributed by atoms with Gasteiger partial charge in [-0.3, -0.25) is 9.89 Å². The Morgan fingerprint density at radius 1 is 1.35 bits per heavy atom. The fourth-order valence-electron chi connectivity index (χ4n) is 3.29. The minimum absolute atomic E-state index is 0.508. The van der Waals surface area contributed by atoms with Gasteiger partial charge < -0.3 is 10.2 Å². The summed E-state index contributed by atoms with van der Waals surface area (Å²) in [7, 11) is 2.24. The van der Waals surface area contributed by atoms with E-state index in [9.17, 15) is 0 Å². The Bertz CT molecular complexity index is 550. The number of hydrogen-bond acceptors (Lipinski definition) is 2. The molecule has 4 heteroatoms. The Kier molecular flexibility index (Phi) is 5.21. The molecule has 1 aliphatic carbocycles. The zero-order valence-corrected chi connectivity index (χ0v) is 14.8. The molecule has 1 saturated carbocycles. The van der Waals surface area contributed by atoms with Crippen molar-refractivity contribution in [2.75, 3.05) is 26.7 Å². The van der Waals surface area contributed by atoms with E-state index in [-0.39, 0.29) is 0 Å².